The molecule has 0 saturated heterocycles. The van der Waals surface area contributed by atoms with E-state index in [1.54, 1.807) is 24.1 Å². The predicted octanol–water partition coefficient (Wildman–Crippen LogP) is 1.46. The first kappa shape index (κ1) is 12.6. The van der Waals surface area contributed by atoms with Gasteiger partial charge in [-0.05, 0) is 32.3 Å². The van der Waals surface area contributed by atoms with Crippen LogP contribution in [-0.2, 0) is 0 Å². The quantitative estimate of drug-likeness (QED) is 0.773. The molecule has 0 fully saturated rings. The Kier molecular flexibility index (Phi) is 4.43. The Morgan fingerprint density at radius 1 is 1.25 bits per heavy atom. The highest BCUT2D eigenvalue weighted by molar-refractivity contribution is 5.94. The third-order valence-corrected chi connectivity index (χ3v) is 2.30. The minimum atomic E-state index is -0.383. The van der Waals surface area contributed by atoms with Crippen LogP contribution in [0.2, 0.25) is 0 Å². The highest BCUT2D eigenvalue weighted by atomic mass is 19.1. The highest BCUT2D eigenvalue weighted by Crippen LogP contribution is 2.06. The topological polar surface area (TPSA) is 23.6 Å². The lowest BCUT2D eigenvalue weighted by Crippen LogP contribution is -2.33. The molecule has 0 atom stereocenters. The summed E-state index contributed by atoms with van der Waals surface area (Å²) in [6.07, 6.45) is 0. The van der Waals surface area contributed by atoms with E-state index in [0.29, 0.717) is 12.1 Å². The largest absolute Gasteiger partial charge is 0.340 e. The molecule has 0 spiro atoms. The third kappa shape index (κ3) is 3.62. The summed E-state index contributed by atoms with van der Waals surface area (Å²) in [5.41, 5.74) is 0.390. The van der Waals surface area contributed by atoms with Gasteiger partial charge < -0.3 is 9.80 Å². The molecule has 1 rings (SSSR count). The van der Waals surface area contributed by atoms with Crippen LogP contribution in [0.25, 0.3) is 0 Å². The van der Waals surface area contributed by atoms with Crippen LogP contribution in [0, 0.1) is 5.82 Å². The average molecular weight is 224 g/mol. The van der Waals surface area contributed by atoms with Crippen molar-refractivity contribution in [2.45, 2.75) is 0 Å². The van der Waals surface area contributed by atoms with Crippen LogP contribution >= 0.6 is 0 Å². The fourth-order valence-electron chi connectivity index (χ4n) is 1.29. The lowest BCUT2D eigenvalue weighted by molar-refractivity contribution is 0.0786. The summed E-state index contributed by atoms with van der Waals surface area (Å²) in [7, 11) is 5.61. The molecule has 0 saturated carbocycles. The van der Waals surface area contributed by atoms with E-state index >= 15 is 0 Å². The summed E-state index contributed by atoms with van der Waals surface area (Å²) < 4.78 is 12.9. The van der Waals surface area contributed by atoms with Crippen molar-refractivity contribution in [1.29, 1.82) is 0 Å². The normalized spacial score (nSPS) is 10.6. The number of carbonyl (C=O) groups excluding carboxylic acids is 1. The Bertz CT molecular complexity index is 366. The molecule has 1 amide bonds. The van der Waals surface area contributed by atoms with Crippen molar-refractivity contribution in [3.63, 3.8) is 0 Å². The number of halogens is 1. The Hall–Kier alpha value is -1.42. The van der Waals surface area contributed by atoms with Crippen molar-refractivity contribution >= 4 is 5.91 Å². The summed E-state index contributed by atoms with van der Waals surface area (Å²) >= 11 is 0. The van der Waals surface area contributed by atoms with Crippen LogP contribution in [0.3, 0.4) is 0 Å². The molecule has 0 aromatic heterocycles. The van der Waals surface area contributed by atoms with Gasteiger partial charge in [0, 0.05) is 25.7 Å². The van der Waals surface area contributed by atoms with E-state index in [0.717, 1.165) is 6.54 Å². The lowest BCUT2D eigenvalue weighted by Gasteiger charge is -2.19. The van der Waals surface area contributed by atoms with Crippen LogP contribution in [0.4, 0.5) is 4.39 Å². The van der Waals surface area contributed by atoms with Crippen LogP contribution < -0.4 is 0 Å². The van der Waals surface area contributed by atoms with Gasteiger partial charge in [0.1, 0.15) is 5.82 Å². The number of hydrogen-bond donors (Lipinski definition) is 0. The zero-order chi connectivity index (χ0) is 12.1. The maximum Gasteiger partial charge on any atom is 0.253 e. The maximum atomic E-state index is 12.9. The van der Waals surface area contributed by atoms with Gasteiger partial charge in [0.05, 0.1) is 0 Å². The van der Waals surface area contributed by atoms with Crippen molar-refractivity contribution < 1.29 is 9.18 Å². The maximum absolute atomic E-state index is 12.9. The van der Waals surface area contributed by atoms with E-state index in [4.69, 9.17) is 0 Å². The number of likely N-dealkylation sites (N-methyl/N-ethyl adjacent to an activating group) is 2. The molecule has 88 valence electrons. The smallest absolute Gasteiger partial charge is 0.253 e. The average Bonchev–Trinajstić information content (AvgIpc) is 2.24. The van der Waals surface area contributed by atoms with Gasteiger partial charge in [0.15, 0.2) is 0 Å². The van der Waals surface area contributed by atoms with Crippen molar-refractivity contribution in [2.24, 2.45) is 0 Å². The standard InChI is InChI=1S/C12H17FN2O/c1-14(2)7-8-15(3)12(16)10-5-4-6-11(13)9-10/h4-6,9H,7-8H2,1-3H3. The zero-order valence-corrected chi connectivity index (χ0v) is 9.90. The van der Waals surface area contributed by atoms with E-state index < -0.39 is 0 Å². The molecule has 0 heterocycles. The van der Waals surface area contributed by atoms with Gasteiger partial charge in [-0.15, -0.1) is 0 Å². The van der Waals surface area contributed by atoms with Crippen LogP contribution in [0.1, 0.15) is 10.4 Å². The summed E-state index contributed by atoms with van der Waals surface area (Å²) in [5.74, 6) is -0.534. The van der Waals surface area contributed by atoms with Gasteiger partial charge in [0.2, 0.25) is 0 Å². The molecule has 0 unspecified atom stereocenters. The molecule has 3 nitrogen and oxygen atoms in total. The summed E-state index contributed by atoms with van der Waals surface area (Å²) in [5, 5.41) is 0. The summed E-state index contributed by atoms with van der Waals surface area (Å²) in [4.78, 5) is 15.4. The van der Waals surface area contributed by atoms with Gasteiger partial charge in [-0.2, -0.15) is 0 Å². The molecule has 0 bridgehead atoms. The fourth-order valence-corrected chi connectivity index (χ4v) is 1.29. The summed E-state index contributed by atoms with van der Waals surface area (Å²) in [6.45, 7) is 1.42. The molecule has 0 radical (unpaired) electrons. The van der Waals surface area contributed by atoms with Crippen LogP contribution in [0.15, 0.2) is 24.3 Å². The van der Waals surface area contributed by atoms with Gasteiger partial charge in [-0.1, -0.05) is 6.07 Å². The van der Waals surface area contributed by atoms with Gasteiger partial charge in [-0.3, -0.25) is 4.79 Å². The van der Waals surface area contributed by atoms with Gasteiger partial charge in [-0.25, -0.2) is 4.39 Å². The third-order valence-electron chi connectivity index (χ3n) is 2.30. The molecule has 1 aromatic rings. The van der Waals surface area contributed by atoms with E-state index in [-0.39, 0.29) is 11.7 Å². The fraction of sp³-hybridized carbons (Fsp3) is 0.417. The first-order valence-corrected chi connectivity index (χ1v) is 5.16. The Labute approximate surface area is 95.5 Å². The Balaban J connectivity index is 2.63. The SMILES string of the molecule is CN(C)CCN(C)C(=O)c1cccc(F)c1. The van der Waals surface area contributed by atoms with Crippen LogP contribution in [-0.4, -0.2) is 49.9 Å². The number of hydrogen-bond acceptors (Lipinski definition) is 2. The van der Waals surface area contributed by atoms with Crippen molar-refractivity contribution in [3.05, 3.63) is 35.6 Å². The number of rotatable bonds is 4. The first-order valence-electron chi connectivity index (χ1n) is 5.16. The summed E-state index contributed by atoms with van der Waals surface area (Å²) in [6, 6.07) is 5.75. The van der Waals surface area contributed by atoms with E-state index in [9.17, 15) is 9.18 Å². The molecular formula is C12H17FN2O. The first-order chi connectivity index (χ1) is 7.50. The molecule has 0 aliphatic carbocycles. The molecular weight excluding hydrogens is 207 g/mol. The highest BCUT2D eigenvalue weighted by Gasteiger charge is 2.11. The zero-order valence-electron chi connectivity index (χ0n) is 9.90. The molecule has 16 heavy (non-hydrogen) atoms. The van der Waals surface area contributed by atoms with Crippen molar-refractivity contribution in [3.8, 4) is 0 Å². The monoisotopic (exact) mass is 224 g/mol. The number of amides is 1. The van der Waals surface area contributed by atoms with Gasteiger partial charge in [0.25, 0.3) is 5.91 Å². The number of nitrogens with zero attached hydrogens (tertiary/aromatic N) is 2. The molecule has 0 aliphatic rings. The number of benzene rings is 1. The predicted molar refractivity (Wildman–Crippen MR) is 61.9 cm³/mol. The molecule has 1 aromatic carbocycles. The Morgan fingerprint density at radius 2 is 1.94 bits per heavy atom. The van der Waals surface area contributed by atoms with Crippen LogP contribution in [0.5, 0.6) is 0 Å². The second kappa shape index (κ2) is 5.61. The second-order valence-corrected chi connectivity index (χ2v) is 4.04. The van der Waals surface area contributed by atoms with E-state index in [1.165, 1.54) is 12.1 Å². The van der Waals surface area contributed by atoms with Crippen molar-refractivity contribution in [1.82, 2.24) is 9.80 Å². The van der Waals surface area contributed by atoms with Crippen molar-refractivity contribution in [2.75, 3.05) is 34.2 Å². The van der Waals surface area contributed by atoms with E-state index in [1.807, 2.05) is 19.0 Å². The Morgan fingerprint density at radius 3 is 2.50 bits per heavy atom. The molecule has 0 N–H and O–H groups in total. The lowest BCUT2D eigenvalue weighted by atomic mass is 10.2. The molecule has 0 aliphatic heterocycles. The second-order valence-electron chi connectivity index (χ2n) is 4.04. The molecule has 4 heteroatoms. The minimum absolute atomic E-state index is 0.152. The van der Waals surface area contributed by atoms with E-state index in [2.05, 4.69) is 0 Å². The van der Waals surface area contributed by atoms with Gasteiger partial charge >= 0.3 is 0 Å². The minimum Gasteiger partial charge on any atom is -0.340 e. The number of carbonyl (C=O) groups is 1.